The summed E-state index contributed by atoms with van der Waals surface area (Å²) in [6.07, 6.45) is 1.98. The number of nitrogens with one attached hydrogen (secondary N) is 2. The van der Waals surface area contributed by atoms with E-state index in [0.29, 0.717) is 0 Å². The molecule has 0 radical (unpaired) electrons. The Bertz CT molecular complexity index is 710. The fraction of sp³-hybridized carbons (Fsp3) is 0.500. The van der Waals surface area contributed by atoms with E-state index in [1.807, 2.05) is 0 Å². The Balaban J connectivity index is 2.02. The largest absolute Gasteiger partial charge is 0.343 e. The lowest BCUT2D eigenvalue weighted by atomic mass is 10.2. The summed E-state index contributed by atoms with van der Waals surface area (Å²) in [5, 5.41) is 2.55. The van der Waals surface area contributed by atoms with Gasteiger partial charge in [-0.05, 0) is 44.9 Å². The Hall–Kier alpha value is -1.93. The number of nitrogens with zero attached hydrogens (tertiary/aromatic N) is 1. The smallest absolute Gasteiger partial charge is 0.251 e. The maximum atomic E-state index is 12.2. The topological polar surface area (TPSA) is 95.6 Å². The van der Waals surface area contributed by atoms with Gasteiger partial charge in [-0.25, -0.2) is 13.1 Å². The molecular formula is C16H23N3O4S. The minimum absolute atomic E-state index is 0.0229. The van der Waals surface area contributed by atoms with E-state index < -0.39 is 15.9 Å². The first-order valence-electron chi connectivity index (χ1n) is 7.98. The van der Waals surface area contributed by atoms with Gasteiger partial charge in [-0.3, -0.25) is 9.59 Å². The van der Waals surface area contributed by atoms with E-state index in [1.165, 1.54) is 24.3 Å². The molecular weight excluding hydrogens is 330 g/mol. The van der Waals surface area contributed by atoms with Gasteiger partial charge >= 0.3 is 0 Å². The molecule has 2 rings (SSSR count). The lowest BCUT2D eigenvalue weighted by Crippen LogP contribution is -2.38. The van der Waals surface area contributed by atoms with Crippen molar-refractivity contribution in [2.75, 3.05) is 19.6 Å². The second-order valence-corrected chi connectivity index (χ2v) is 7.79. The molecule has 1 aromatic rings. The van der Waals surface area contributed by atoms with E-state index in [-0.39, 0.29) is 29.0 Å². The van der Waals surface area contributed by atoms with E-state index in [0.717, 1.165) is 25.9 Å². The van der Waals surface area contributed by atoms with Gasteiger partial charge in [0.25, 0.3) is 5.91 Å². The molecule has 0 atom stereocenters. The molecule has 2 amide bonds. The summed E-state index contributed by atoms with van der Waals surface area (Å²) in [6, 6.07) is 5.51. The highest BCUT2D eigenvalue weighted by molar-refractivity contribution is 7.89. The number of carbonyl (C=O) groups excluding carboxylic acids is 2. The molecule has 0 saturated carbocycles. The fourth-order valence-electron chi connectivity index (χ4n) is 2.52. The van der Waals surface area contributed by atoms with Crippen LogP contribution in [-0.2, 0) is 14.8 Å². The molecule has 0 unspecified atom stereocenters. The van der Waals surface area contributed by atoms with Crippen molar-refractivity contribution >= 4 is 21.8 Å². The Kier molecular flexibility index (Phi) is 5.95. The molecule has 1 aromatic carbocycles. The van der Waals surface area contributed by atoms with Crippen molar-refractivity contribution in [1.82, 2.24) is 14.9 Å². The number of amides is 2. The number of likely N-dealkylation sites (tertiary alicyclic amines) is 1. The molecule has 0 spiro atoms. The molecule has 24 heavy (non-hydrogen) atoms. The van der Waals surface area contributed by atoms with Crippen LogP contribution in [0, 0.1) is 0 Å². The van der Waals surface area contributed by atoms with Crippen LogP contribution in [-0.4, -0.2) is 50.8 Å². The number of benzene rings is 1. The molecule has 0 aliphatic carbocycles. The summed E-state index contributed by atoms with van der Waals surface area (Å²) in [7, 11) is -3.67. The van der Waals surface area contributed by atoms with Crippen LogP contribution >= 0.6 is 0 Å². The molecule has 1 saturated heterocycles. The third kappa shape index (κ3) is 4.78. The molecule has 7 nitrogen and oxygen atoms in total. The van der Waals surface area contributed by atoms with E-state index >= 15 is 0 Å². The molecule has 1 aliphatic rings. The van der Waals surface area contributed by atoms with Gasteiger partial charge in [0.05, 0.1) is 11.4 Å². The van der Waals surface area contributed by atoms with Crippen LogP contribution in [0.1, 0.15) is 37.0 Å². The highest BCUT2D eigenvalue weighted by Crippen LogP contribution is 2.12. The van der Waals surface area contributed by atoms with E-state index in [4.69, 9.17) is 0 Å². The number of hydrogen-bond acceptors (Lipinski definition) is 4. The summed E-state index contributed by atoms with van der Waals surface area (Å²) in [6.45, 7) is 4.81. The molecule has 0 bridgehead atoms. The van der Waals surface area contributed by atoms with Gasteiger partial charge in [0.15, 0.2) is 0 Å². The SMILES string of the molecule is CC(C)NS(=O)(=O)c1cccc(C(=O)NCC(=O)N2CCCC2)c1. The maximum Gasteiger partial charge on any atom is 0.251 e. The van der Waals surface area contributed by atoms with Crippen LogP contribution in [0.5, 0.6) is 0 Å². The number of sulfonamides is 1. The second-order valence-electron chi connectivity index (χ2n) is 6.07. The first kappa shape index (κ1) is 18.4. The van der Waals surface area contributed by atoms with Crippen molar-refractivity contribution in [2.45, 2.75) is 37.6 Å². The molecule has 1 fully saturated rings. The number of rotatable bonds is 6. The minimum atomic E-state index is -3.67. The van der Waals surface area contributed by atoms with Crippen LogP contribution in [0.3, 0.4) is 0 Å². The van der Waals surface area contributed by atoms with Gasteiger partial charge in [0.2, 0.25) is 15.9 Å². The summed E-state index contributed by atoms with van der Waals surface area (Å²) in [5.41, 5.74) is 0.204. The highest BCUT2D eigenvalue weighted by Gasteiger charge is 2.20. The van der Waals surface area contributed by atoms with Crippen LogP contribution in [0.2, 0.25) is 0 Å². The third-order valence-electron chi connectivity index (χ3n) is 3.66. The van der Waals surface area contributed by atoms with Crippen molar-refractivity contribution in [3.8, 4) is 0 Å². The van der Waals surface area contributed by atoms with Crippen LogP contribution in [0.4, 0.5) is 0 Å². The molecule has 8 heteroatoms. The zero-order valence-electron chi connectivity index (χ0n) is 13.9. The normalized spacial score (nSPS) is 14.9. The predicted molar refractivity (Wildman–Crippen MR) is 90.0 cm³/mol. The van der Waals surface area contributed by atoms with E-state index in [9.17, 15) is 18.0 Å². The summed E-state index contributed by atoms with van der Waals surface area (Å²) in [5.74, 6) is -0.588. The predicted octanol–water partition coefficient (Wildman–Crippen LogP) is 0.726. The average Bonchev–Trinajstić information content (AvgIpc) is 3.05. The van der Waals surface area contributed by atoms with Crippen LogP contribution < -0.4 is 10.0 Å². The van der Waals surface area contributed by atoms with Crippen LogP contribution in [0.25, 0.3) is 0 Å². The van der Waals surface area contributed by atoms with Crippen molar-refractivity contribution in [3.63, 3.8) is 0 Å². The zero-order chi connectivity index (χ0) is 17.7. The minimum Gasteiger partial charge on any atom is -0.343 e. The first-order chi connectivity index (χ1) is 11.3. The van der Waals surface area contributed by atoms with Crippen molar-refractivity contribution in [2.24, 2.45) is 0 Å². The van der Waals surface area contributed by atoms with E-state index in [2.05, 4.69) is 10.0 Å². The van der Waals surface area contributed by atoms with Crippen LogP contribution in [0.15, 0.2) is 29.2 Å². The Morgan fingerprint density at radius 3 is 2.50 bits per heavy atom. The number of hydrogen-bond donors (Lipinski definition) is 2. The van der Waals surface area contributed by atoms with Gasteiger partial charge in [-0.15, -0.1) is 0 Å². The van der Waals surface area contributed by atoms with Crippen molar-refractivity contribution in [1.29, 1.82) is 0 Å². The maximum absolute atomic E-state index is 12.2. The van der Waals surface area contributed by atoms with Crippen molar-refractivity contribution in [3.05, 3.63) is 29.8 Å². The first-order valence-corrected chi connectivity index (χ1v) is 9.46. The van der Waals surface area contributed by atoms with Gasteiger partial charge in [0.1, 0.15) is 0 Å². The summed E-state index contributed by atoms with van der Waals surface area (Å²) in [4.78, 5) is 25.8. The number of carbonyl (C=O) groups is 2. The molecule has 2 N–H and O–H groups in total. The van der Waals surface area contributed by atoms with Gasteiger partial charge < -0.3 is 10.2 Å². The lowest BCUT2D eigenvalue weighted by Gasteiger charge is -2.15. The molecule has 132 valence electrons. The fourth-order valence-corrected chi connectivity index (χ4v) is 3.82. The summed E-state index contributed by atoms with van der Waals surface area (Å²) < 4.78 is 26.8. The second kappa shape index (κ2) is 7.76. The quantitative estimate of drug-likeness (QED) is 0.788. The van der Waals surface area contributed by atoms with E-state index in [1.54, 1.807) is 18.7 Å². The Morgan fingerprint density at radius 1 is 1.21 bits per heavy atom. The lowest BCUT2D eigenvalue weighted by molar-refractivity contribution is -0.129. The Morgan fingerprint density at radius 2 is 1.88 bits per heavy atom. The standard InChI is InChI=1S/C16H23N3O4S/c1-12(2)18-24(22,23)14-7-5-6-13(10-14)16(21)17-11-15(20)19-8-3-4-9-19/h5-7,10,12,18H,3-4,8-9,11H2,1-2H3,(H,17,21). The van der Waals surface area contributed by atoms with Crippen molar-refractivity contribution < 1.29 is 18.0 Å². The molecule has 1 heterocycles. The van der Waals surface area contributed by atoms with Gasteiger partial charge in [-0.1, -0.05) is 6.07 Å². The average molecular weight is 353 g/mol. The highest BCUT2D eigenvalue weighted by atomic mass is 32.2. The Labute approximate surface area is 142 Å². The summed E-state index contributed by atoms with van der Waals surface area (Å²) >= 11 is 0. The zero-order valence-corrected chi connectivity index (χ0v) is 14.7. The molecule has 0 aromatic heterocycles. The monoisotopic (exact) mass is 353 g/mol. The third-order valence-corrected chi connectivity index (χ3v) is 5.31. The van der Waals surface area contributed by atoms with Gasteiger partial charge in [-0.2, -0.15) is 0 Å². The van der Waals surface area contributed by atoms with Gasteiger partial charge in [0, 0.05) is 24.7 Å². The molecule has 1 aliphatic heterocycles.